The van der Waals surface area contributed by atoms with Crippen molar-refractivity contribution in [1.29, 1.82) is 0 Å². The van der Waals surface area contributed by atoms with E-state index >= 15 is 0 Å². The third kappa shape index (κ3) is 2.34. The molecule has 0 atom stereocenters. The molecule has 118 valence electrons. The number of carbonyl (C=O) groups excluding carboxylic acids is 2. The molecule has 1 fully saturated rings. The third-order valence-electron chi connectivity index (χ3n) is 4.00. The van der Waals surface area contributed by atoms with E-state index in [9.17, 15) is 9.59 Å². The van der Waals surface area contributed by atoms with Crippen LogP contribution in [0.1, 0.15) is 11.1 Å². The predicted molar refractivity (Wildman–Crippen MR) is 93.1 cm³/mol. The Morgan fingerprint density at radius 2 is 1.29 bits per heavy atom. The van der Waals surface area contributed by atoms with Gasteiger partial charge in [-0.1, -0.05) is 72.4 Å². The summed E-state index contributed by atoms with van der Waals surface area (Å²) >= 11 is 1.54. The lowest BCUT2D eigenvalue weighted by Crippen LogP contribution is -2.33. The minimum Gasteiger partial charge on any atom is -0.339 e. The molecule has 1 amide bonds. The average Bonchev–Trinajstić information content (AvgIpc) is 2.91. The molecule has 0 saturated carbocycles. The number of hydrogen-bond acceptors (Lipinski definition) is 4. The van der Waals surface area contributed by atoms with Crippen LogP contribution in [0.2, 0.25) is 0 Å². The normalized spacial score (nSPS) is 18.7. The van der Waals surface area contributed by atoms with E-state index in [4.69, 9.17) is 4.84 Å². The molecule has 2 heterocycles. The van der Waals surface area contributed by atoms with Gasteiger partial charge >= 0.3 is 5.97 Å². The number of amides is 1. The molecule has 0 aliphatic carbocycles. The minimum atomic E-state index is -1.42. The first-order valence-corrected chi connectivity index (χ1v) is 8.27. The smallest absolute Gasteiger partial charge is 0.339 e. The van der Waals surface area contributed by atoms with Gasteiger partial charge in [-0.05, 0) is 23.3 Å². The second-order valence-electron chi connectivity index (χ2n) is 5.54. The lowest BCUT2D eigenvalue weighted by molar-refractivity contribution is -0.147. The summed E-state index contributed by atoms with van der Waals surface area (Å²) in [5, 5.41) is 0. The fourth-order valence-electron chi connectivity index (χ4n) is 2.73. The van der Waals surface area contributed by atoms with E-state index in [1.807, 2.05) is 60.7 Å². The Hall–Kier alpha value is -2.79. The topological polar surface area (TPSA) is 55.4 Å². The van der Waals surface area contributed by atoms with Crippen LogP contribution >= 0.6 is 11.8 Å². The van der Waals surface area contributed by atoms with Crippen molar-refractivity contribution in [2.24, 2.45) is 5.41 Å². The third-order valence-corrected chi connectivity index (χ3v) is 5.15. The van der Waals surface area contributed by atoms with Gasteiger partial charge in [0.2, 0.25) is 0 Å². The van der Waals surface area contributed by atoms with Gasteiger partial charge < -0.3 is 4.84 Å². The molecule has 1 saturated heterocycles. The van der Waals surface area contributed by atoms with Gasteiger partial charge in [0.05, 0.1) is 0 Å². The highest BCUT2D eigenvalue weighted by molar-refractivity contribution is 8.16. The van der Waals surface area contributed by atoms with Crippen molar-refractivity contribution in [3.63, 3.8) is 0 Å². The number of nitrogens with one attached hydrogen (secondary N) is 1. The van der Waals surface area contributed by atoms with Gasteiger partial charge in [0.15, 0.2) is 5.41 Å². The van der Waals surface area contributed by atoms with Crippen LogP contribution < -0.4 is 5.48 Å². The molecule has 0 bridgehead atoms. The van der Waals surface area contributed by atoms with E-state index in [0.717, 1.165) is 20.9 Å². The molecule has 1 spiro atoms. The fraction of sp³-hybridized carbons (Fsp3) is 0.0526. The summed E-state index contributed by atoms with van der Waals surface area (Å²) in [4.78, 5) is 31.2. The molecule has 0 radical (unpaired) electrons. The number of benzene rings is 2. The van der Waals surface area contributed by atoms with Gasteiger partial charge in [-0.15, -0.1) is 0 Å². The molecule has 0 aromatic heterocycles. The first kappa shape index (κ1) is 14.8. The van der Waals surface area contributed by atoms with Gasteiger partial charge in [0.25, 0.3) is 5.91 Å². The van der Waals surface area contributed by atoms with Crippen molar-refractivity contribution < 1.29 is 14.4 Å². The van der Waals surface area contributed by atoms with E-state index in [1.165, 1.54) is 11.8 Å². The summed E-state index contributed by atoms with van der Waals surface area (Å²) < 4.78 is 0. The van der Waals surface area contributed by atoms with E-state index in [1.54, 1.807) is 12.2 Å². The van der Waals surface area contributed by atoms with Crippen LogP contribution in [0.15, 0.2) is 72.8 Å². The van der Waals surface area contributed by atoms with Gasteiger partial charge in [0, 0.05) is 9.81 Å². The van der Waals surface area contributed by atoms with Crippen LogP contribution in [0, 0.1) is 5.41 Å². The minimum absolute atomic E-state index is 0.463. The van der Waals surface area contributed by atoms with Crippen molar-refractivity contribution in [1.82, 2.24) is 5.48 Å². The average molecular weight is 335 g/mol. The summed E-state index contributed by atoms with van der Waals surface area (Å²) in [6.07, 6.45) is 3.37. The molecule has 2 aliphatic heterocycles. The Bertz CT molecular complexity index is 798. The summed E-state index contributed by atoms with van der Waals surface area (Å²) in [5.41, 5.74) is 2.68. The molecule has 5 heteroatoms. The largest absolute Gasteiger partial charge is 0.355 e. The molecule has 24 heavy (non-hydrogen) atoms. The van der Waals surface area contributed by atoms with Crippen LogP contribution in [0.4, 0.5) is 0 Å². The second-order valence-corrected chi connectivity index (χ2v) is 6.62. The van der Waals surface area contributed by atoms with Gasteiger partial charge in [-0.2, -0.15) is 5.48 Å². The SMILES string of the molecule is O=C1NOC(=O)C12C=C(c1ccccc1)SC(c1ccccc1)=C2. The Labute approximate surface area is 143 Å². The molecule has 0 unspecified atom stereocenters. The maximum Gasteiger partial charge on any atom is 0.355 e. The van der Waals surface area contributed by atoms with Crippen molar-refractivity contribution in [2.45, 2.75) is 0 Å². The Kier molecular flexibility index (Phi) is 3.50. The predicted octanol–water partition coefficient (Wildman–Crippen LogP) is 3.39. The van der Waals surface area contributed by atoms with Gasteiger partial charge in [-0.3, -0.25) is 4.79 Å². The van der Waals surface area contributed by atoms with Crippen LogP contribution in [-0.4, -0.2) is 11.9 Å². The zero-order chi connectivity index (χ0) is 16.6. The quantitative estimate of drug-likeness (QED) is 0.855. The van der Waals surface area contributed by atoms with Crippen LogP contribution in [-0.2, 0) is 14.4 Å². The first-order valence-electron chi connectivity index (χ1n) is 7.45. The first-order chi connectivity index (χ1) is 11.7. The number of carbonyl (C=O) groups is 2. The summed E-state index contributed by atoms with van der Waals surface area (Å²) in [7, 11) is 0. The zero-order valence-electron chi connectivity index (χ0n) is 12.6. The number of rotatable bonds is 2. The van der Waals surface area contributed by atoms with Crippen LogP contribution in [0.5, 0.6) is 0 Å². The number of hydroxylamine groups is 1. The number of hydrogen-bond donors (Lipinski definition) is 1. The highest BCUT2D eigenvalue weighted by atomic mass is 32.2. The summed E-state index contributed by atoms with van der Waals surface area (Å²) in [6.45, 7) is 0. The monoisotopic (exact) mass is 335 g/mol. The molecule has 4 nitrogen and oxygen atoms in total. The van der Waals surface area contributed by atoms with Crippen LogP contribution in [0.3, 0.4) is 0 Å². The Morgan fingerprint density at radius 1 is 0.792 bits per heavy atom. The maximum atomic E-state index is 12.4. The standard InChI is InChI=1S/C19H13NO3S/c21-17-19(18(22)23-20-17)11-15(13-7-3-1-4-8-13)24-16(12-19)14-9-5-2-6-10-14/h1-12H,(H,20,21). The van der Waals surface area contributed by atoms with E-state index in [0.29, 0.717) is 0 Å². The highest BCUT2D eigenvalue weighted by Gasteiger charge is 2.52. The van der Waals surface area contributed by atoms with Gasteiger partial charge in [-0.25, -0.2) is 4.79 Å². The van der Waals surface area contributed by atoms with Crippen molar-refractivity contribution in [2.75, 3.05) is 0 Å². The number of thioether (sulfide) groups is 1. The maximum absolute atomic E-state index is 12.4. The Morgan fingerprint density at radius 3 is 1.71 bits per heavy atom. The fourth-order valence-corrected chi connectivity index (χ4v) is 3.96. The highest BCUT2D eigenvalue weighted by Crippen LogP contribution is 2.49. The lowest BCUT2D eigenvalue weighted by atomic mass is 9.85. The molecule has 2 aromatic carbocycles. The van der Waals surface area contributed by atoms with Crippen LogP contribution in [0.25, 0.3) is 9.81 Å². The van der Waals surface area contributed by atoms with E-state index < -0.39 is 17.3 Å². The molecule has 2 aliphatic rings. The van der Waals surface area contributed by atoms with Crippen molar-refractivity contribution in [3.8, 4) is 0 Å². The molecular weight excluding hydrogens is 322 g/mol. The van der Waals surface area contributed by atoms with E-state index in [-0.39, 0.29) is 0 Å². The molecule has 4 rings (SSSR count). The van der Waals surface area contributed by atoms with E-state index in [2.05, 4.69) is 5.48 Å². The second kappa shape index (κ2) is 5.69. The molecule has 1 N–H and O–H groups in total. The molecular formula is C19H13NO3S. The van der Waals surface area contributed by atoms with Crippen molar-refractivity contribution in [3.05, 3.63) is 83.9 Å². The summed E-state index contributed by atoms with van der Waals surface area (Å²) in [6, 6.07) is 19.4. The zero-order valence-corrected chi connectivity index (χ0v) is 13.4. The summed E-state index contributed by atoms with van der Waals surface area (Å²) in [5.74, 6) is -1.07. The Balaban J connectivity index is 1.88. The van der Waals surface area contributed by atoms with Gasteiger partial charge in [0.1, 0.15) is 0 Å². The van der Waals surface area contributed by atoms with Crippen molar-refractivity contribution >= 4 is 33.4 Å². The lowest BCUT2D eigenvalue weighted by Gasteiger charge is -2.24. The molecule has 2 aromatic rings.